The average Bonchev–Trinajstić information content (AvgIpc) is 3.12. The Morgan fingerprint density at radius 2 is 2.09 bits per heavy atom. The van der Waals surface area contributed by atoms with Gasteiger partial charge in [0.25, 0.3) is 6.43 Å². The van der Waals surface area contributed by atoms with Gasteiger partial charge in [-0.3, -0.25) is 9.20 Å². The first-order valence-corrected chi connectivity index (χ1v) is 7.46. The minimum absolute atomic E-state index is 0.0365. The second-order valence-corrected chi connectivity index (χ2v) is 5.97. The fourth-order valence-corrected chi connectivity index (χ4v) is 3.08. The number of amides is 1. The lowest BCUT2D eigenvalue weighted by Gasteiger charge is -2.26. The summed E-state index contributed by atoms with van der Waals surface area (Å²) in [5.41, 5.74) is -0.976. The van der Waals surface area contributed by atoms with Gasteiger partial charge >= 0.3 is 0 Å². The third-order valence-electron chi connectivity index (χ3n) is 4.21. The Morgan fingerprint density at radius 1 is 1.36 bits per heavy atom. The molecule has 2 heterocycles. The molecule has 118 valence electrons. The van der Waals surface area contributed by atoms with Crippen molar-refractivity contribution in [2.24, 2.45) is 5.41 Å². The van der Waals surface area contributed by atoms with Crippen molar-refractivity contribution in [2.75, 3.05) is 0 Å². The zero-order valence-corrected chi connectivity index (χ0v) is 12.5. The van der Waals surface area contributed by atoms with Gasteiger partial charge in [0.15, 0.2) is 11.5 Å². The number of aromatic nitrogens is 3. The predicted octanol–water partition coefficient (Wildman–Crippen LogP) is 2.82. The van der Waals surface area contributed by atoms with Crippen molar-refractivity contribution in [3.05, 3.63) is 29.2 Å². The molecule has 0 spiro atoms. The quantitative estimate of drug-likeness (QED) is 0.939. The van der Waals surface area contributed by atoms with Crippen LogP contribution in [0.5, 0.6) is 0 Å². The number of carbonyl (C=O) groups is 1. The largest absolute Gasteiger partial charge is 0.348 e. The first kappa shape index (κ1) is 15.1. The third-order valence-corrected chi connectivity index (χ3v) is 4.43. The Bertz CT molecular complexity index is 697. The molecular weight excluding hydrogens is 314 g/mol. The van der Waals surface area contributed by atoms with E-state index in [2.05, 4.69) is 15.5 Å². The lowest BCUT2D eigenvalue weighted by Crippen LogP contribution is -2.44. The monoisotopic (exact) mass is 328 g/mol. The van der Waals surface area contributed by atoms with E-state index in [-0.39, 0.29) is 19.4 Å². The van der Waals surface area contributed by atoms with Crippen LogP contribution in [0.2, 0.25) is 5.02 Å². The second-order valence-electron chi connectivity index (χ2n) is 5.54. The van der Waals surface area contributed by atoms with E-state index >= 15 is 0 Å². The fourth-order valence-electron chi connectivity index (χ4n) is 2.92. The van der Waals surface area contributed by atoms with Gasteiger partial charge in [0, 0.05) is 6.20 Å². The second kappa shape index (κ2) is 5.79. The molecule has 0 aliphatic heterocycles. The smallest absolute Gasteiger partial charge is 0.252 e. The molecule has 5 nitrogen and oxygen atoms in total. The van der Waals surface area contributed by atoms with E-state index in [9.17, 15) is 13.6 Å². The van der Waals surface area contributed by atoms with E-state index < -0.39 is 17.7 Å². The van der Waals surface area contributed by atoms with Crippen molar-refractivity contribution in [3.8, 4) is 0 Å². The molecule has 22 heavy (non-hydrogen) atoms. The molecule has 1 fully saturated rings. The number of nitrogens with one attached hydrogen (secondary N) is 1. The highest BCUT2D eigenvalue weighted by Crippen LogP contribution is 2.43. The van der Waals surface area contributed by atoms with E-state index in [4.69, 9.17) is 11.6 Å². The van der Waals surface area contributed by atoms with Crippen LogP contribution in [0.25, 0.3) is 5.65 Å². The first-order chi connectivity index (χ1) is 10.5. The summed E-state index contributed by atoms with van der Waals surface area (Å²) in [6.07, 6.45) is 0.727. The number of rotatable bonds is 4. The number of pyridine rings is 1. The van der Waals surface area contributed by atoms with Crippen LogP contribution >= 0.6 is 11.6 Å². The molecule has 0 atom stereocenters. The van der Waals surface area contributed by atoms with Gasteiger partial charge in [-0.05, 0) is 25.0 Å². The minimum Gasteiger partial charge on any atom is -0.348 e. The number of carbonyl (C=O) groups excluding carboxylic acids is 1. The summed E-state index contributed by atoms with van der Waals surface area (Å²) in [6.45, 7) is 0.0365. The number of hydrogen-bond acceptors (Lipinski definition) is 3. The standard InChI is InChI=1S/C14H15ClF2N4O/c15-9-3-4-10-19-20-11(21(10)8-9)7-18-13(22)14(12(16)17)5-1-2-6-14/h3-4,8,12H,1-2,5-7H2,(H,18,22). The molecule has 0 bridgehead atoms. The Hall–Kier alpha value is -1.76. The number of hydrogen-bond donors (Lipinski definition) is 1. The van der Waals surface area contributed by atoms with E-state index in [1.807, 2.05) is 0 Å². The number of halogens is 3. The van der Waals surface area contributed by atoms with Gasteiger partial charge in [-0.15, -0.1) is 10.2 Å². The van der Waals surface area contributed by atoms with Crippen molar-refractivity contribution in [3.63, 3.8) is 0 Å². The number of alkyl halides is 2. The summed E-state index contributed by atoms with van der Waals surface area (Å²) in [4.78, 5) is 12.2. The summed E-state index contributed by atoms with van der Waals surface area (Å²) < 4.78 is 28.2. The van der Waals surface area contributed by atoms with Gasteiger partial charge in [-0.25, -0.2) is 8.78 Å². The van der Waals surface area contributed by atoms with Gasteiger partial charge in [0.05, 0.1) is 11.6 Å². The Morgan fingerprint density at radius 3 is 2.77 bits per heavy atom. The minimum atomic E-state index is -2.65. The van der Waals surface area contributed by atoms with Crippen LogP contribution < -0.4 is 5.32 Å². The van der Waals surface area contributed by atoms with E-state index in [1.54, 1.807) is 22.7 Å². The van der Waals surface area contributed by atoms with Crippen molar-refractivity contribution in [1.29, 1.82) is 0 Å². The van der Waals surface area contributed by atoms with E-state index in [1.165, 1.54) is 0 Å². The van der Waals surface area contributed by atoms with Crippen molar-refractivity contribution in [2.45, 2.75) is 38.7 Å². The molecule has 8 heteroatoms. The van der Waals surface area contributed by atoms with Crippen LogP contribution in [-0.4, -0.2) is 26.9 Å². The van der Waals surface area contributed by atoms with Gasteiger partial charge in [-0.2, -0.15) is 0 Å². The van der Waals surface area contributed by atoms with Crippen LogP contribution in [0.3, 0.4) is 0 Å². The molecule has 1 N–H and O–H groups in total. The molecule has 1 amide bonds. The van der Waals surface area contributed by atoms with E-state index in [0.717, 1.165) is 0 Å². The van der Waals surface area contributed by atoms with Gasteiger partial charge in [0.2, 0.25) is 5.91 Å². The molecule has 1 aliphatic rings. The van der Waals surface area contributed by atoms with Crippen molar-refractivity contribution < 1.29 is 13.6 Å². The molecule has 1 aliphatic carbocycles. The zero-order chi connectivity index (χ0) is 15.7. The first-order valence-electron chi connectivity index (χ1n) is 7.08. The highest BCUT2D eigenvalue weighted by atomic mass is 35.5. The zero-order valence-electron chi connectivity index (χ0n) is 11.7. The van der Waals surface area contributed by atoms with Crippen LogP contribution in [0.15, 0.2) is 18.3 Å². The molecule has 2 aromatic heterocycles. The van der Waals surface area contributed by atoms with Crippen LogP contribution in [0.1, 0.15) is 31.5 Å². The molecule has 0 aromatic carbocycles. The van der Waals surface area contributed by atoms with Crippen LogP contribution in [0.4, 0.5) is 8.78 Å². The average molecular weight is 329 g/mol. The van der Waals surface area contributed by atoms with Crippen molar-refractivity contribution >= 4 is 23.2 Å². The molecule has 1 saturated carbocycles. The highest BCUT2D eigenvalue weighted by molar-refractivity contribution is 6.30. The summed E-state index contributed by atoms with van der Waals surface area (Å²) >= 11 is 5.91. The molecule has 0 unspecified atom stereocenters. The maximum atomic E-state index is 13.3. The maximum absolute atomic E-state index is 13.3. The lowest BCUT2D eigenvalue weighted by molar-refractivity contribution is -0.140. The van der Waals surface area contributed by atoms with E-state index in [0.29, 0.717) is 29.3 Å². The molecule has 2 aromatic rings. The summed E-state index contributed by atoms with van der Waals surface area (Å²) in [6, 6.07) is 3.37. The van der Waals surface area contributed by atoms with Crippen LogP contribution in [-0.2, 0) is 11.3 Å². The Kier molecular flexibility index (Phi) is 3.99. The predicted molar refractivity (Wildman–Crippen MR) is 76.7 cm³/mol. The number of nitrogens with zero attached hydrogens (tertiary/aromatic N) is 3. The Balaban J connectivity index is 1.76. The van der Waals surface area contributed by atoms with Gasteiger partial charge < -0.3 is 5.32 Å². The lowest BCUT2D eigenvalue weighted by atomic mass is 9.85. The highest BCUT2D eigenvalue weighted by Gasteiger charge is 2.48. The summed E-state index contributed by atoms with van der Waals surface area (Å²) in [5, 5.41) is 11.0. The molecule has 3 rings (SSSR count). The van der Waals surface area contributed by atoms with Crippen LogP contribution in [0, 0.1) is 5.41 Å². The third kappa shape index (κ3) is 2.54. The SMILES string of the molecule is O=C(NCc1nnc2ccc(Cl)cn12)C1(C(F)F)CCCC1. The normalized spacial score (nSPS) is 17.3. The maximum Gasteiger partial charge on any atom is 0.252 e. The fraction of sp³-hybridized carbons (Fsp3) is 0.500. The molecule has 0 radical (unpaired) electrons. The summed E-state index contributed by atoms with van der Waals surface area (Å²) in [5.74, 6) is -0.160. The number of fused-ring (bicyclic) bond motifs is 1. The van der Waals surface area contributed by atoms with Crippen molar-refractivity contribution in [1.82, 2.24) is 19.9 Å². The molecule has 0 saturated heterocycles. The van der Waals surface area contributed by atoms with Gasteiger partial charge in [0.1, 0.15) is 5.41 Å². The Labute approximate surface area is 130 Å². The summed E-state index contributed by atoms with van der Waals surface area (Å²) in [7, 11) is 0. The van der Waals surface area contributed by atoms with Gasteiger partial charge in [-0.1, -0.05) is 24.4 Å². The topological polar surface area (TPSA) is 59.3 Å². The molecular formula is C14H15ClF2N4O.